The zero-order valence-electron chi connectivity index (χ0n) is 15.5. The highest BCUT2D eigenvalue weighted by atomic mass is 79.9. The minimum absolute atomic E-state index is 0.0377. The molecule has 1 aliphatic rings. The van der Waals surface area contributed by atoms with Crippen molar-refractivity contribution in [2.24, 2.45) is 0 Å². The van der Waals surface area contributed by atoms with E-state index in [-0.39, 0.29) is 23.9 Å². The van der Waals surface area contributed by atoms with Gasteiger partial charge in [0.05, 0.1) is 6.54 Å². The summed E-state index contributed by atoms with van der Waals surface area (Å²) in [5.74, 6) is -0.228. The average Bonchev–Trinajstić information content (AvgIpc) is 2.80. The first kappa shape index (κ1) is 18.6. The summed E-state index contributed by atoms with van der Waals surface area (Å²) in [4.78, 5) is 26.8. The number of carbonyl (C=O) groups excluding carboxylic acids is 2. The van der Waals surface area contributed by atoms with Gasteiger partial charge in [0.1, 0.15) is 5.54 Å². The lowest BCUT2D eigenvalue weighted by molar-refractivity contribution is -0.131. The van der Waals surface area contributed by atoms with Gasteiger partial charge in [0.15, 0.2) is 0 Å². The van der Waals surface area contributed by atoms with Crippen molar-refractivity contribution in [2.75, 3.05) is 0 Å². The second-order valence-corrected chi connectivity index (χ2v) is 8.82. The quantitative estimate of drug-likeness (QED) is 0.738. The van der Waals surface area contributed by atoms with E-state index >= 15 is 0 Å². The Balaban J connectivity index is 1.85. The second kappa shape index (κ2) is 6.54. The molecule has 2 aromatic rings. The number of hydrogen-bond donors (Lipinski definition) is 1. The number of nitrogens with zero attached hydrogens (tertiary/aromatic N) is 1. The van der Waals surface area contributed by atoms with Crippen LogP contribution in [0.15, 0.2) is 53.0 Å². The van der Waals surface area contributed by atoms with Gasteiger partial charge < -0.3 is 5.32 Å². The molecule has 1 aliphatic heterocycles. The minimum atomic E-state index is -1.04. The number of carbonyl (C=O) groups is 2. The molecule has 0 aromatic heterocycles. The van der Waals surface area contributed by atoms with Crippen LogP contribution in [0.1, 0.15) is 44.4 Å². The normalized spacial score (nSPS) is 20.4. The Hall–Kier alpha value is -2.14. The van der Waals surface area contributed by atoms with Gasteiger partial charge in [0.25, 0.3) is 5.91 Å². The van der Waals surface area contributed by atoms with Crippen molar-refractivity contribution in [3.63, 3.8) is 0 Å². The number of amides is 3. The van der Waals surface area contributed by atoms with Crippen LogP contribution < -0.4 is 5.32 Å². The molecule has 0 saturated carbocycles. The molecular formula is C21H23BrN2O2. The molecule has 1 saturated heterocycles. The van der Waals surface area contributed by atoms with Crippen LogP contribution >= 0.6 is 15.9 Å². The lowest BCUT2D eigenvalue weighted by atomic mass is 9.84. The fourth-order valence-corrected chi connectivity index (χ4v) is 3.38. The zero-order valence-corrected chi connectivity index (χ0v) is 17.1. The summed E-state index contributed by atoms with van der Waals surface area (Å²) in [6.07, 6.45) is 0. The van der Waals surface area contributed by atoms with E-state index in [1.54, 1.807) is 6.92 Å². The van der Waals surface area contributed by atoms with Gasteiger partial charge in [0, 0.05) is 4.47 Å². The molecule has 0 radical (unpaired) electrons. The monoisotopic (exact) mass is 414 g/mol. The molecule has 1 heterocycles. The van der Waals surface area contributed by atoms with E-state index in [2.05, 4.69) is 42.0 Å². The molecule has 4 nitrogen and oxygen atoms in total. The predicted octanol–water partition coefficient (Wildman–Crippen LogP) is 4.71. The van der Waals surface area contributed by atoms with Crippen molar-refractivity contribution in [3.05, 3.63) is 69.7 Å². The topological polar surface area (TPSA) is 49.4 Å². The van der Waals surface area contributed by atoms with E-state index < -0.39 is 5.54 Å². The molecule has 0 bridgehead atoms. The third-order valence-electron chi connectivity index (χ3n) is 4.86. The number of rotatable bonds is 3. The lowest BCUT2D eigenvalue weighted by Gasteiger charge is -2.24. The minimum Gasteiger partial charge on any atom is -0.319 e. The van der Waals surface area contributed by atoms with Crippen LogP contribution in [0.5, 0.6) is 0 Å². The van der Waals surface area contributed by atoms with Crippen LogP contribution in [0.2, 0.25) is 0 Å². The molecule has 0 spiro atoms. The van der Waals surface area contributed by atoms with Gasteiger partial charge in [-0.3, -0.25) is 9.69 Å². The summed E-state index contributed by atoms with van der Waals surface area (Å²) in [7, 11) is 0. The molecule has 1 fully saturated rings. The van der Waals surface area contributed by atoms with Gasteiger partial charge in [-0.05, 0) is 41.2 Å². The van der Waals surface area contributed by atoms with Crippen LogP contribution in [-0.2, 0) is 22.3 Å². The zero-order chi connectivity index (χ0) is 19.1. The fraction of sp³-hybridized carbons (Fsp3) is 0.333. The van der Waals surface area contributed by atoms with Crippen molar-refractivity contribution >= 4 is 27.9 Å². The van der Waals surface area contributed by atoms with E-state index in [9.17, 15) is 9.59 Å². The molecule has 2 aromatic carbocycles. The standard InChI is InChI=1S/C21H23BrN2O2/c1-20(2,3)15-7-9-16(10-8-15)21(4)18(25)24(19(26)23-21)13-14-5-11-17(22)12-6-14/h5-12H,13H2,1-4H3,(H,23,26)/t21-/m0/s1. The van der Waals surface area contributed by atoms with Gasteiger partial charge in [-0.2, -0.15) is 0 Å². The van der Waals surface area contributed by atoms with E-state index in [1.807, 2.05) is 48.5 Å². The summed E-state index contributed by atoms with van der Waals surface area (Å²) in [5.41, 5.74) is 1.89. The molecule has 1 atom stereocenters. The summed E-state index contributed by atoms with van der Waals surface area (Å²) in [6, 6.07) is 15.2. The smallest absolute Gasteiger partial charge is 0.319 e. The van der Waals surface area contributed by atoms with E-state index in [0.29, 0.717) is 0 Å². The molecule has 3 rings (SSSR count). The maximum atomic E-state index is 13.0. The first-order valence-corrected chi connectivity index (χ1v) is 9.40. The fourth-order valence-electron chi connectivity index (χ4n) is 3.11. The average molecular weight is 415 g/mol. The first-order valence-electron chi connectivity index (χ1n) is 8.61. The molecule has 1 N–H and O–H groups in total. The van der Waals surface area contributed by atoms with Crippen LogP contribution in [0, 0.1) is 0 Å². The van der Waals surface area contributed by atoms with Crippen LogP contribution in [0.3, 0.4) is 0 Å². The van der Waals surface area contributed by atoms with Crippen LogP contribution in [-0.4, -0.2) is 16.8 Å². The third kappa shape index (κ3) is 3.40. The van der Waals surface area contributed by atoms with Gasteiger partial charge in [-0.1, -0.05) is 73.1 Å². The maximum absolute atomic E-state index is 13.0. The Bertz CT molecular complexity index is 838. The van der Waals surface area contributed by atoms with Gasteiger partial charge in [-0.25, -0.2) is 4.79 Å². The van der Waals surface area contributed by atoms with Gasteiger partial charge >= 0.3 is 6.03 Å². The number of nitrogens with one attached hydrogen (secondary N) is 1. The van der Waals surface area contributed by atoms with Crippen molar-refractivity contribution < 1.29 is 9.59 Å². The predicted molar refractivity (Wildman–Crippen MR) is 106 cm³/mol. The van der Waals surface area contributed by atoms with Crippen LogP contribution in [0.25, 0.3) is 0 Å². The Morgan fingerprint density at radius 2 is 1.58 bits per heavy atom. The third-order valence-corrected chi connectivity index (χ3v) is 5.39. The van der Waals surface area contributed by atoms with Crippen molar-refractivity contribution in [1.29, 1.82) is 0 Å². The largest absolute Gasteiger partial charge is 0.325 e. The number of imide groups is 1. The Kier molecular flexibility index (Phi) is 4.69. The molecular weight excluding hydrogens is 392 g/mol. The van der Waals surface area contributed by atoms with Crippen molar-refractivity contribution in [1.82, 2.24) is 10.2 Å². The number of hydrogen-bond acceptors (Lipinski definition) is 2. The van der Waals surface area contributed by atoms with Gasteiger partial charge in [-0.15, -0.1) is 0 Å². The molecule has 3 amide bonds. The summed E-state index contributed by atoms with van der Waals surface area (Å²) >= 11 is 3.39. The van der Waals surface area contributed by atoms with E-state index in [0.717, 1.165) is 15.6 Å². The lowest BCUT2D eigenvalue weighted by Crippen LogP contribution is -2.40. The Morgan fingerprint density at radius 1 is 1.00 bits per heavy atom. The maximum Gasteiger partial charge on any atom is 0.325 e. The Labute approximate surface area is 162 Å². The summed E-state index contributed by atoms with van der Waals surface area (Å²) < 4.78 is 0.960. The van der Waals surface area contributed by atoms with Crippen LogP contribution in [0.4, 0.5) is 4.79 Å². The number of urea groups is 1. The molecule has 5 heteroatoms. The second-order valence-electron chi connectivity index (χ2n) is 7.90. The van der Waals surface area contributed by atoms with Crippen molar-refractivity contribution in [3.8, 4) is 0 Å². The van der Waals surface area contributed by atoms with Crippen molar-refractivity contribution in [2.45, 2.75) is 45.2 Å². The molecule has 26 heavy (non-hydrogen) atoms. The van der Waals surface area contributed by atoms with Gasteiger partial charge in [0.2, 0.25) is 0 Å². The number of benzene rings is 2. The molecule has 0 aliphatic carbocycles. The SMILES string of the molecule is CC(C)(C)c1ccc([C@]2(C)NC(=O)N(Cc3ccc(Br)cc3)C2=O)cc1. The first-order chi connectivity index (χ1) is 12.1. The number of halogens is 1. The van der Waals surface area contributed by atoms with E-state index in [1.165, 1.54) is 10.5 Å². The summed E-state index contributed by atoms with van der Waals surface area (Å²) in [5, 5.41) is 2.86. The highest BCUT2D eigenvalue weighted by Gasteiger charge is 2.48. The molecule has 0 unspecified atom stereocenters. The highest BCUT2D eigenvalue weighted by molar-refractivity contribution is 9.10. The summed E-state index contributed by atoms with van der Waals surface area (Å²) in [6.45, 7) is 8.46. The Morgan fingerprint density at radius 3 is 2.12 bits per heavy atom. The molecule has 136 valence electrons. The highest BCUT2D eigenvalue weighted by Crippen LogP contribution is 2.31. The van der Waals surface area contributed by atoms with E-state index in [4.69, 9.17) is 0 Å².